The Kier molecular flexibility index (Phi) is 5.51. The van der Waals surface area contributed by atoms with Crippen molar-refractivity contribution < 1.29 is 9.59 Å². The molecule has 3 heterocycles. The number of aromatic nitrogens is 3. The first-order valence-electron chi connectivity index (χ1n) is 9.94. The maximum Gasteiger partial charge on any atom is 0.327 e. The van der Waals surface area contributed by atoms with Crippen LogP contribution < -0.4 is 16.2 Å². The summed E-state index contributed by atoms with van der Waals surface area (Å²) in [7, 11) is 1.71. The quantitative estimate of drug-likeness (QED) is 0.520. The molecular weight excluding hydrogens is 406 g/mol. The minimum absolute atomic E-state index is 0.184. The second-order valence-corrected chi connectivity index (χ2v) is 7.46. The molecule has 0 unspecified atom stereocenters. The number of pyridine rings is 3. The first-order valence-corrected chi connectivity index (χ1v) is 9.94. The van der Waals surface area contributed by atoms with E-state index in [2.05, 4.69) is 20.6 Å². The van der Waals surface area contributed by atoms with Gasteiger partial charge in [-0.15, -0.1) is 0 Å². The van der Waals surface area contributed by atoms with Crippen LogP contribution in [0, 0.1) is 13.8 Å². The molecule has 0 saturated carbocycles. The van der Waals surface area contributed by atoms with Gasteiger partial charge in [-0.3, -0.25) is 25.2 Å². The fourth-order valence-corrected chi connectivity index (χ4v) is 3.47. The highest BCUT2D eigenvalue weighted by Crippen LogP contribution is 2.25. The lowest BCUT2D eigenvalue weighted by Gasteiger charge is -2.13. The highest BCUT2D eigenvalue weighted by atomic mass is 16.2. The monoisotopic (exact) mass is 427 g/mol. The van der Waals surface area contributed by atoms with Crippen molar-refractivity contribution in [2.45, 2.75) is 13.8 Å². The fraction of sp³-hybridized carbons (Fsp3) is 0.125. The highest BCUT2D eigenvalue weighted by Gasteiger charge is 2.16. The van der Waals surface area contributed by atoms with Gasteiger partial charge in [0, 0.05) is 41.6 Å². The largest absolute Gasteiger partial charge is 0.327 e. The number of amides is 3. The van der Waals surface area contributed by atoms with E-state index >= 15 is 0 Å². The molecule has 0 aliphatic carbocycles. The molecule has 0 atom stereocenters. The molecular formula is C24H21N5O3. The molecule has 4 rings (SSSR count). The zero-order valence-electron chi connectivity index (χ0n) is 17.8. The van der Waals surface area contributed by atoms with Crippen molar-refractivity contribution in [2.24, 2.45) is 7.05 Å². The highest BCUT2D eigenvalue weighted by molar-refractivity contribution is 6.08. The molecule has 0 spiro atoms. The SMILES string of the molecule is Cc1cc2c(cn1)cc(-c1cc(C(=O)NC(=O)Nc3ccccn3)ccc1C)c(=O)n2C. The third-order valence-corrected chi connectivity index (χ3v) is 5.17. The van der Waals surface area contributed by atoms with E-state index in [0.717, 1.165) is 22.2 Å². The molecule has 1 aromatic carbocycles. The summed E-state index contributed by atoms with van der Waals surface area (Å²) in [5, 5.41) is 5.60. The number of carbonyl (C=O) groups excluding carboxylic acids is 2. The summed E-state index contributed by atoms with van der Waals surface area (Å²) in [5.41, 5.74) is 3.57. The first-order chi connectivity index (χ1) is 15.3. The third kappa shape index (κ3) is 4.11. The van der Waals surface area contributed by atoms with Crippen LogP contribution in [0.15, 0.2) is 65.7 Å². The van der Waals surface area contributed by atoms with E-state index in [1.807, 2.05) is 19.9 Å². The molecule has 0 bridgehead atoms. The molecule has 8 heteroatoms. The topological polar surface area (TPSA) is 106 Å². The normalized spacial score (nSPS) is 10.7. The first kappa shape index (κ1) is 20.9. The van der Waals surface area contributed by atoms with Crippen LogP contribution in [0.25, 0.3) is 22.0 Å². The summed E-state index contributed by atoms with van der Waals surface area (Å²) < 4.78 is 1.58. The number of imide groups is 1. The summed E-state index contributed by atoms with van der Waals surface area (Å²) in [6.45, 7) is 3.73. The van der Waals surface area contributed by atoms with Crippen molar-refractivity contribution in [1.82, 2.24) is 19.9 Å². The van der Waals surface area contributed by atoms with Gasteiger partial charge in [-0.1, -0.05) is 12.1 Å². The third-order valence-electron chi connectivity index (χ3n) is 5.17. The summed E-state index contributed by atoms with van der Waals surface area (Å²) >= 11 is 0. The van der Waals surface area contributed by atoms with Crippen LogP contribution >= 0.6 is 0 Å². The number of nitrogens with one attached hydrogen (secondary N) is 2. The molecule has 0 fully saturated rings. The van der Waals surface area contributed by atoms with Gasteiger partial charge < -0.3 is 4.57 Å². The van der Waals surface area contributed by atoms with Crippen LogP contribution in [-0.2, 0) is 7.05 Å². The van der Waals surface area contributed by atoms with Crippen molar-refractivity contribution in [1.29, 1.82) is 0 Å². The number of hydrogen-bond acceptors (Lipinski definition) is 5. The molecule has 0 radical (unpaired) electrons. The van der Waals surface area contributed by atoms with E-state index in [0.29, 0.717) is 16.9 Å². The Morgan fingerprint density at radius 2 is 1.78 bits per heavy atom. The van der Waals surface area contributed by atoms with Crippen molar-refractivity contribution in [3.05, 3.63) is 88.1 Å². The Balaban J connectivity index is 1.67. The summed E-state index contributed by atoms with van der Waals surface area (Å²) in [5.74, 6) is -0.263. The van der Waals surface area contributed by atoms with Gasteiger partial charge in [0.25, 0.3) is 11.5 Å². The Labute approximate surface area is 184 Å². The molecule has 0 aliphatic rings. The van der Waals surface area contributed by atoms with Gasteiger partial charge in [-0.2, -0.15) is 0 Å². The molecule has 32 heavy (non-hydrogen) atoms. The Morgan fingerprint density at radius 3 is 2.53 bits per heavy atom. The van der Waals surface area contributed by atoms with Gasteiger partial charge in [0.15, 0.2) is 0 Å². The number of anilines is 1. The van der Waals surface area contributed by atoms with Crippen molar-refractivity contribution in [3.8, 4) is 11.1 Å². The minimum atomic E-state index is -0.695. The predicted octanol–water partition coefficient (Wildman–Crippen LogP) is 3.57. The smallest absolute Gasteiger partial charge is 0.311 e. The number of carbonyl (C=O) groups is 2. The number of aryl methyl sites for hydroxylation is 3. The molecule has 2 N–H and O–H groups in total. The zero-order valence-corrected chi connectivity index (χ0v) is 17.8. The average Bonchev–Trinajstić information content (AvgIpc) is 2.77. The molecule has 4 aromatic rings. The summed E-state index contributed by atoms with van der Waals surface area (Å²) in [6, 6.07) is 13.0. The standard InChI is InChI=1S/C24H21N5O3/c1-14-7-8-16(22(30)28-24(32)27-21-6-4-5-9-25-21)11-18(14)19-12-17-13-26-15(2)10-20(17)29(3)23(19)31/h4-13H,1-3H3,(H2,25,27,28,30,32). The second-order valence-electron chi connectivity index (χ2n) is 7.46. The molecule has 3 aromatic heterocycles. The van der Waals surface area contributed by atoms with E-state index in [-0.39, 0.29) is 11.1 Å². The zero-order chi connectivity index (χ0) is 22.8. The number of rotatable bonds is 3. The number of benzene rings is 1. The van der Waals surface area contributed by atoms with Gasteiger partial charge in [0.05, 0.1) is 5.52 Å². The number of nitrogens with zero attached hydrogens (tertiary/aromatic N) is 3. The van der Waals surface area contributed by atoms with Crippen molar-refractivity contribution in [3.63, 3.8) is 0 Å². The van der Waals surface area contributed by atoms with E-state index in [9.17, 15) is 14.4 Å². The molecule has 0 aliphatic heterocycles. The van der Waals surface area contributed by atoms with Gasteiger partial charge in [-0.25, -0.2) is 9.78 Å². The predicted molar refractivity (Wildman–Crippen MR) is 123 cm³/mol. The van der Waals surface area contributed by atoms with Gasteiger partial charge in [-0.05, 0) is 61.4 Å². The minimum Gasteiger partial charge on any atom is -0.311 e. The van der Waals surface area contributed by atoms with Crippen LogP contribution in [0.3, 0.4) is 0 Å². The second kappa shape index (κ2) is 8.43. The van der Waals surface area contributed by atoms with E-state index in [1.165, 1.54) is 6.20 Å². The average molecular weight is 427 g/mol. The maximum absolute atomic E-state index is 13.1. The molecule has 0 saturated heterocycles. The number of hydrogen-bond donors (Lipinski definition) is 2. The lowest BCUT2D eigenvalue weighted by Crippen LogP contribution is -2.34. The lowest BCUT2D eigenvalue weighted by molar-refractivity contribution is 0.0967. The van der Waals surface area contributed by atoms with Crippen LogP contribution in [0.1, 0.15) is 21.6 Å². The summed E-state index contributed by atoms with van der Waals surface area (Å²) in [6.07, 6.45) is 3.26. The summed E-state index contributed by atoms with van der Waals surface area (Å²) in [4.78, 5) is 46.2. The molecule has 8 nitrogen and oxygen atoms in total. The van der Waals surface area contributed by atoms with Gasteiger partial charge in [0.2, 0.25) is 0 Å². The fourth-order valence-electron chi connectivity index (χ4n) is 3.47. The van der Waals surface area contributed by atoms with Crippen LogP contribution in [0.5, 0.6) is 0 Å². The molecule has 3 amide bonds. The van der Waals surface area contributed by atoms with Crippen LogP contribution in [-0.4, -0.2) is 26.5 Å². The Bertz CT molecular complexity index is 1410. The van der Waals surface area contributed by atoms with Gasteiger partial charge >= 0.3 is 6.03 Å². The number of urea groups is 1. The van der Waals surface area contributed by atoms with Crippen LogP contribution in [0.2, 0.25) is 0 Å². The maximum atomic E-state index is 13.1. The van der Waals surface area contributed by atoms with E-state index in [1.54, 1.807) is 60.3 Å². The van der Waals surface area contributed by atoms with Gasteiger partial charge in [0.1, 0.15) is 5.82 Å². The Morgan fingerprint density at radius 1 is 0.969 bits per heavy atom. The van der Waals surface area contributed by atoms with Crippen molar-refractivity contribution >= 4 is 28.7 Å². The Hall–Kier alpha value is -4.33. The van der Waals surface area contributed by atoms with E-state index in [4.69, 9.17) is 0 Å². The van der Waals surface area contributed by atoms with Crippen molar-refractivity contribution in [2.75, 3.05) is 5.32 Å². The van der Waals surface area contributed by atoms with Crippen LogP contribution in [0.4, 0.5) is 10.6 Å². The van der Waals surface area contributed by atoms with E-state index < -0.39 is 11.9 Å². The number of fused-ring (bicyclic) bond motifs is 1. The lowest BCUT2D eigenvalue weighted by atomic mass is 9.97. The molecule has 160 valence electrons.